The minimum atomic E-state index is -0.639. The van der Waals surface area contributed by atoms with Crippen molar-refractivity contribution in [2.75, 3.05) is 6.61 Å². The third kappa shape index (κ3) is 3.11. The summed E-state index contributed by atoms with van der Waals surface area (Å²) in [6, 6.07) is 9.19. The van der Waals surface area contributed by atoms with Crippen molar-refractivity contribution in [3.8, 4) is 0 Å². The predicted octanol–water partition coefficient (Wildman–Crippen LogP) is 4.72. The van der Waals surface area contributed by atoms with Crippen molar-refractivity contribution in [2.24, 2.45) is 10.2 Å². The number of carbonyl (C=O) groups is 1. The van der Waals surface area contributed by atoms with Crippen LogP contribution in [0.2, 0.25) is 5.02 Å². The summed E-state index contributed by atoms with van der Waals surface area (Å²) in [5.74, 6) is -1.04. The summed E-state index contributed by atoms with van der Waals surface area (Å²) in [6.07, 6.45) is 1.54. The van der Waals surface area contributed by atoms with Gasteiger partial charge in [-0.3, -0.25) is 4.40 Å². The Morgan fingerprint density at radius 1 is 1.29 bits per heavy atom. The molecule has 3 aromatic rings. The molecule has 8 heteroatoms. The highest BCUT2D eigenvalue weighted by Crippen LogP contribution is 2.27. The zero-order chi connectivity index (χ0) is 17.1. The Morgan fingerprint density at radius 2 is 2.08 bits per heavy atom. The molecule has 0 atom stereocenters. The maximum Gasteiger partial charge on any atom is 0.360 e. The van der Waals surface area contributed by atoms with Crippen LogP contribution in [0.25, 0.3) is 5.65 Å². The van der Waals surface area contributed by atoms with E-state index in [-0.39, 0.29) is 23.8 Å². The van der Waals surface area contributed by atoms with E-state index in [1.807, 2.05) is 0 Å². The first kappa shape index (κ1) is 16.1. The number of hydrogen-bond acceptors (Lipinski definition) is 5. The molecule has 3 rings (SSSR count). The number of halogens is 2. The molecule has 0 aliphatic heterocycles. The van der Waals surface area contributed by atoms with Gasteiger partial charge in [-0.1, -0.05) is 23.7 Å². The Balaban J connectivity index is 2.13. The third-order valence-corrected chi connectivity index (χ3v) is 3.35. The van der Waals surface area contributed by atoms with Crippen molar-refractivity contribution in [1.82, 2.24) is 9.38 Å². The van der Waals surface area contributed by atoms with E-state index in [0.29, 0.717) is 10.7 Å². The van der Waals surface area contributed by atoms with Gasteiger partial charge in [0.2, 0.25) is 0 Å². The third-order valence-electron chi connectivity index (χ3n) is 3.13. The van der Waals surface area contributed by atoms with Crippen molar-refractivity contribution in [1.29, 1.82) is 0 Å². The quantitative estimate of drug-likeness (QED) is 0.507. The number of nitrogens with zero attached hydrogens (tertiary/aromatic N) is 4. The second-order valence-corrected chi connectivity index (χ2v) is 5.17. The number of imidazole rings is 1. The van der Waals surface area contributed by atoms with Crippen LogP contribution in [0.1, 0.15) is 17.4 Å². The minimum Gasteiger partial charge on any atom is -0.461 e. The summed E-state index contributed by atoms with van der Waals surface area (Å²) < 4.78 is 20.2. The zero-order valence-electron chi connectivity index (χ0n) is 12.6. The summed E-state index contributed by atoms with van der Waals surface area (Å²) in [5, 5.41) is 8.29. The summed E-state index contributed by atoms with van der Waals surface area (Å²) >= 11 is 5.99. The minimum absolute atomic E-state index is 0.0146. The monoisotopic (exact) mass is 346 g/mol. The smallest absolute Gasteiger partial charge is 0.360 e. The van der Waals surface area contributed by atoms with Gasteiger partial charge in [0.15, 0.2) is 17.3 Å². The predicted molar refractivity (Wildman–Crippen MR) is 86.7 cm³/mol. The molecule has 0 aliphatic carbocycles. The number of fused-ring (bicyclic) bond motifs is 1. The highest BCUT2D eigenvalue weighted by atomic mass is 35.5. The molecule has 0 radical (unpaired) electrons. The van der Waals surface area contributed by atoms with E-state index in [2.05, 4.69) is 15.2 Å². The van der Waals surface area contributed by atoms with Gasteiger partial charge >= 0.3 is 5.97 Å². The summed E-state index contributed by atoms with van der Waals surface area (Å²) in [4.78, 5) is 16.3. The number of esters is 1. The number of ether oxygens (including phenoxy) is 1. The number of azo groups is 1. The lowest BCUT2D eigenvalue weighted by molar-refractivity contribution is 0.0521. The van der Waals surface area contributed by atoms with Gasteiger partial charge in [0.25, 0.3) is 0 Å². The number of aromatic nitrogens is 2. The molecule has 0 unspecified atom stereocenters. The Labute approximate surface area is 141 Å². The summed E-state index contributed by atoms with van der Waals surface area (Å²) in [5.41, 5.74) is 0.480. The molecule has 0 fully saturated rings. The number of hydrogen-bond donors (Lipinski definition) is 0. The molecule has 1 aromatic carbocycles. The van der Waals surface area contributed by atoms with Crippen molar-refractivity contribution < 1.29 is 13.9 Å². The maximum absolute atomic E-state index is 13.7. The van der Waals surface area contributed by atoms with Gasteiger partial charge in [0.1, 0.15) is 11.3 Å². The molecule has 0 spiro atoms. The zero-order valence-corrected chi connectivity index (χ0v) is 13.4. The average molecular weight is 347 g/mol. The number of benzene rings is 1. The van der Waals surface area contributed by atoms with Crippen molar-refractivity contribution >= 4 is 34.7 Å². The lowest BCUT2D eigenvalue weighted by atomic mass is 10.3. The van der Waals surface area contributed by atoms with Gasteiger partial charge in [0, 0.05) is 6.20 Å². The largest absolute Gasteiger partial charge is 0.461 e. The fourth-order valence-electron chi connectivity index (χ4n) is 2.07. The van der Waals surface area contributed by atoms with E-state index in [1.165, 1.54) is 16.5 Å². The summed E-state index contributed by atoms with van der Waals surface area (Å²) in [6.45, 7) is 1.88. The normalized spacial score (nSPS) is 11.3. The SMILES string of the molecule is CCOC(=O)c1nc2ccc(Cl)cn2c1N=Nc1ccccc1F. The molecule has 0 aliphatic rings. The van der Waals surface area contributed by atoms with Gasteiger partial charge in [0.05, 0.1) is 11.6 Å². The molecule has 6 nitrogen and oxygen atoms in total. The Bertz CT molecular complexity index is 939. The van der Waals surface area contributed by atoms with E-state index < -0.39 is 11.8 Å². The molecule has 2 heterocycles. The molecule has 122 valence electrons. The molecule has 0 amide bonds. The molecule has 0 bridgehead atoms. The first-order valence-corrected chi connectivity index (χ1v) is 7.49. The lowest BCUT2D eigenvalue weighted by Gasteiger charge is -2.00. The van der Waals surface area contributed by atoms with E-state index in [0.717, 1.165) is 0 Å². The molecule has 0 saturated heterocycles. The highest BCUT2D eigenvalue weighted by molar-refractivity contribution is 6.30. The van der Waals surface area contributed by atoms with Gasteiger partial charge in [-0.25, -0.2) is 14.2 Å². The van der Waals surface area contributed by atoms with Crippen LogP contribution < -0.4 is 0 Å². The van der Waals surface area contributed by atoms with Gasteiger partial charge in [-0.15, -0.1) is 10.2 Å². The van der Waals surface area contributed by atoms with Crippen LogP contribution in [0.4, 0.5) is 15.9 Å². The van der Waals surface area contributed by atoms with Gasteiger partial charge < -0.3 is 4.74 Å². The molecular formula is C16H12ClFN4O2. The highest BCUT2D eigenvalue weighted by Gasteiger charge is 2.20. The summed E-state index contributed by atoms with van der Waals surface area (Å²) in [7, 11) is 0. The Hall–Kier alpha value is -2.80. The van der Waals surface area contributed by atoms with Crippen LogP contribution in [0.3, 0.4) is 0 Å². The Morgan fingerprint density at radius 3 is 2.83 bits per heavy atom. The molecule has 0 saturated carbocycles. The lowest BCUT2D eigenvalue weighted by Crippen LogP contribution is -2.05. The van der Waals surface area contributed by atoms with Crippen LogP contribution >= 0.6 is 11.6 Å². The van der Waals surface area contributed by atoms with Gasteiger partial charge in [-0.05, 0) is 31.2 Å². The number of carbonyl (C=O) groups excluding carboxylic acids is 1. The van der Waals surface area contributed by atoms with Crippen LogP contribution in [-0.2, 0) is 4.74 Å². The second-order valence-electron chi connectivity index (χ2n) is 4.73. The van der Waals surface area contributed by atoms with Gasteiger partial charge in [-0.2, -0.15) is 0 Å². The molecular weight excluding hydrogens is 335 g/mol. The standard InChI is InChI=1S/C16H12ClFN4O2/c1-2-24-16(23)14-15(21-20-12-6-4-3-5-11(12)18)22-9-10(17)7-8-13(22)19-14/h3-9H,2H2,1H3. The second kappa shape index (κ2) is 6.76. The topological polar surface area (TPSA) is 68.3 Å². The fraction of sp³-hybridized carbons (Fsp3) is 0.125. The number of pyridine rings is 1. The van der Waals surface area contributed by atoms with Crippen LogP contribution in [-0.4, -0.2) is 22.0 Å². The molecule has 0 N–H and O–H groups in total. The maximum atomic E-state index is 13.7. The van der Waals surface area contributed by atoms with Crippen LogP contribution in [0.5, 0.6) is 0 Å². The van der Waals surface area contributed by atoms with E-state index >= 15 is 0 Å². The van der Waals surface area contributed by atoms with Crippen LogP contribution in [0, 0.1) is 5.82 Å². The van der Waals surface area contributed by atoms with E-state index in [9.17, 15) is 9.18 Å². The Kier molecular flexibility index (Phi) is 4.52. The first-order valence-electron chi connectivity index (χ1n) is 7.11. The average Bonchev–Trinajstić information content (AvgIpc) is 2.92. The fourth-order valence-corrected chi connectivity index (χ4v) is 2.23. The van der Waals surface area contributed by atoms with Crippen LogP contribution in [0.15, 0.2) is 52.8 Å². The van der Waals surface area contributed by atoms with Crippen molar-refractivity contribution in [3.05, 3.63) is 59.1 Å². The number of rotatable bonds is 4. The molecule has 24 heavy (non-hydrogen) atoms. The first-order chi connectivity index (χ1) is 11.6. The van der Waals surface area contributed by atoms with E-state index in [1.54, 1.807) is 37.4 Å². The van der Waals surface area contributed by atoms with E-state index in [4.69, 9.17) is 16.3 Å². The van der Waals surface area contributed by atoms with Crippen molar-refractivity contribution in [3.63, 3.8) is 0 Å². The molecule has 2 aromatic heterocycles. The van der Waals surface area contributed by atoms with Crippen molar-refractivity contribution in [2.45, 2.75) is 6.92 Å².